The number of anilines is 3. The summed E-state index contributed by atoms with van der Waals surface area (Å²) in [5.41, 5.74) is 4.25. The number of nitrogens with zero attached hydrogens (tertiary/aromatic N) is 3. The summed E-state index contributed by atoms with van der Waals surface area (Å²) in [5, 5.41) is 3.29. The summed E-state index contributed by atoms with van der Waals surface area (Å²) in [4.78, 5) is 23.9. The van der Waals surface area contributed by atoms with E-state index in [1.807, 2.05) is 6.20 Å². The van der Waals surface area contributed by atoms with Crippen molar-refractivity contribution in [2.24, 2.45) is 5.92 Å². The van der Waals surface area contributed by atoms with E-state index in [9.17, 15) is 4.79 Å². The molecule has 4 rings (SSSR count). The van der Waals surface area contributed by atoms with Crippen molar-refractivity contribution in [3.05, 3.63) is 41.7 Å². The molecule has 26 heavy (non-hydrogen) atoms. The zero-order valence-corrected chi connectivity index (χ0v) is 15.5. The fraction of sp³-hybridized carbons (Fsp3) is 0.476. The Bertz CT molecular complexity index is 794. The molecule has 5 nitrogen and oxygen atoms in total. The minimum Gasteiger partial charge on any atom is -0.372 e. The van der Waals surface area contributed by atoms with Gasteiger partial charge in [0.15, 0.2) is 0 Å². The van der Waals surface area contributed by atoms with Gasteiger partial charge in [-0.3, -0.25) is 4.79 Å². The first-order chi connectivity index (χ1) is 12.6. The van der Waals surface area contributed by atoms with Gasteiger partial charge in [0.05, 0.1) is 11.6 Å². The SMILES string of the molecule is CC(C)C1C(=O)CCc2cnc(Nc3ccc(N4CCCC4)cc3)nc21. The summed E-state index contributed by atoms with van der Waals surface area (Å²) in [7, 11) is 0. The van der Waals surface area contributed by atoms with Crippen LogP contribution >= 0.6 is 0 Å². The van der Waals surface area contributed by atoms with Crippen molar-refractivity contribution in [2.45, 2.75) is 45.4 Å². The van der Waals surface area contributed by atoms with E-state index in [1.165, 1.54) is 18.5 Å². The van der Waals surface area contributed by atoms with Gasteiger partial charge in [-0.05, 0) is 55.0 Å². The van der Waals surface area contributed by atoms with Crippen LogP contribution in [0.2, 0.25) is 0 Å². The number of fused-ring (bicyclic) bond motifs is 1. The maximum atomic E-state index is 12.3. The minimum absolute atomic E-state index is 0.111. The fourth-order valence-corrected chi connectivity index (χ4v) is 4.06. The summed E-state index contributed by atoms with van der Waals surface area (Å²) in [6.07, 6.45) is 5.79. The average Bonchev–Trinajstić information content (AvgIpc) is 3.16. The normalized spacial score (nSPS) is 19.7. The molecule has 0 bridgehead atoms. The predicted molar refractivity (Wildman–Crippen MR) is 104 cm³/mol. The Balaban J connectivity index is 1.54. The van der Waals surface area contributed by atoms with Gasteiger partial charge in [-0.2, -0.15) is 0 Å². The van der Waals surface area contributed by atoms with Gasteiger partial charge in [0.2, 0.25) is 5.95 Å². The Morgan fingerprint density at radius 1 is 1.12 bits per heavy atom. The largest absolute Gasteiger partial charge is 0.372 e. The van der Waals surface area contributed by atoms with Crippen molar-refractivity contribution < 1.29 is 4.79 Å². The van der Waals surface area contributed by atoms with Gasteiger partial charge in [-0.25, -0.2) is 9.97 Å². The highest BCUT2D eigenvalue weighted by atomic mass is 16.1. The molecule has 1 fully saturated rings. The van der Waals surface area contributed by atoms with Crippen molar-refractivity contribution >= 4 is 23.1 Å². The second-order valence-corrected chi connectivity index (χ2v) is 7.66. The summed E-state index contributed by atoms with van der Waals surface area (Å²) < 4.78 is 0. The van der Waals surface area contributed by atoms with E-state index < -0.39 is 0 Å². The Labute approximate surface area is 154 Å². The molecule has 1 aliphatic heterocycles. The molecule has 2 aromatic rings. The van der Waals surface area contributed by atoms with Crippen LogP contribution in [0.5, 0.6) is 0 Å². The second kappa shape index (κ2) is 7.06. The molecular formula is C21H26N4O. The third kappa shape index (κ3) is 3.30. The zero-order valence-electron chi connectivity index (χ0n) is 15.5. The van der Waals surface area contributed by atoms with Crippen LogP contribution in [0.4, 0.5) is 17.3 Å². The van der Waals surface area contributed by atoms with E-state index in [0.29, 0.717) is 18.2 Å². The molecule has 2 heterocycles. The zero-order chi connectivity index (χ0) is 18.1. The maximum absolute atomic E-state index is 12.3. The summed E-state index contributed by atoms with van der Waals surface area (Å²) in [5.74, 6) is 1.01. The van der Waals surface area contributed by atoms with Gasteiger partial charge in [0.1, 0.15) is 5.78 Å². The van der Waals surface area contributed by atoms with Crippen molar-refractivity contribution in [1.29, 1.82) is 0 Å². The molecule has 0 spiro atoms. The summed E-state index contributed by atoms with van der Waals surface area (Å²) in [6.45, 7) is 6.46. The molecule has 1 unspecified atom stereocenters. The van der Waals surface area contributed by atoms with E-state index in [0.717, 1.165) is 36.5 Å². The lowest BCUT2D eigenvalue weighted by Gasteiger charge is -2.26. The standard InChI is InChI=1S/C21H26N4O/c1-14(2)19-18(26)10-5-15-13-22-21(24-20(15)19)23-16-6-8-17(9-7-16)25-11-3-4-12-25/h6-9,13-14,19H,3-5,10-12H2,1-2H3,(H,22,23,24). The molecule has 2 aliphatic rings. The number of hydrogen-bond acceptors (Lipinski definition) is 5. The number of Topliss-reactive ketones (excluding diaryl/α,β-unsaturated/α-hetero) is 1. The van der Waals surface area contributed by atoms with Crippen molar-refractivity contribution in [3.63, 3.8) is 0 Å². The van der Waals surface area contributed by atoms with E-state index in [2.05, 4.69) is 53.3 Å². The van der Waals surface area contributed by atoms with E-state index in [1.54, 1.807) is 0 Å². The van der Waals surface area contributed by atoms with Crippen molar-refractivity contribution in [1.82, 2.24) is 9.97 Å². The monoisotopic (exact) mass is 350 g/mol. The topological polar surface area (TPSA) is 58.1 Å². The number of carbonyl (C=O) groups excluding carboxylic acids is 1. The van der Waals surface area contributed by atoms with Gasteiger partial charge in [-0.1, -0.05) is 13.8 Å². The number of ketones is 1. The lowest BCUT2D eigenvalue weighted by atomic mass is 9.79. The molecule has 136 valence electrons. The highest BCUT2D eigenvalue weighted by molar-refractivity contribution is 5.87. The first kappa shape index (κ1) is 17.0. The minimum atomic E-state index is -0.111. The summed E-state index contributed by atoms with van der Waals surface area (Å²) >= 11 is 0. The molecule has 1 aromatic heterocycles. The molecule has 1 aromatic carbocycles. The number of aromatic nitrogens is 2. The van der Waals surface area contributed by atoms with Crippen LogP contribution in [0.1, 0.15) is 50.3 Å². The number of aryl methyl sites for hydroxylation is 1. The van der Waals surface area contributed by atoms with Gasteiger partial charge < -0.3 is 10.2 Å². The molecule has 1 aliphatic carbocycles. The van der Waals surface area contributed by atoms with E-state index in [-0.39, 0.29) is 11.8 Å². The number of benzene rings is 1. The van der Waals surface area contributed by atoms with Crippen LogP contribution in [-0.4, -0.2) is 28.8 Å². The Kier molecular flexibility index (Phi) is 4.62. The molecule has 1 N–H and O–H groups in total. The maximum Gasteiger partial charge on any atom is 0.227 e. The Hall–Kier alpha value is -2.43. The molecule has 1 saturated heterocycles. The van der Waals surface area contributed by atoms with E-state index >= 15 is 0 Å². The number of carbonyl (C=O) groups is 1. The van der Waals surface area contributed by atoms with Crippen molar-refractivity contribution in [2.75, 3.05) is 23.3 Å². The van der Waals surface area contributed by atoms with E-state index in [4.69, 9.17) is 4.98 Å². The second-order valence-electron chi connectivity index (χ2n) is 7.66. The molecule has 5 heteroatoms. The third-order valence-corrected chi connectivity index (χ3v) is 5.44. The first-order valence-electron chi connectivity index (χ1n) is 9.62. The molecule has 0 amide bonds. The van der Waals surface area contributed by atoms with Gasteiger partial charge >= 0.3 is 0 Å². The fourth-order valence-electron chi connectivity index (χ4n) is 4.06. The van der Waals surface area contributed by atoms with Crippen LogP contribution in [0, 0.1) is 5.92 Å². The average molecular weight is 350 g/mol. The van der Waals surface area contributed by atoms with Crippen LogP contribution in [0.15, 0.2) is 30.5 Å². The quantitative estimate of drug-likeness (QED) is 0.900. The summed E-state index contributed by atoms with van der Waals surface area (Å²) in [6, 6.07) is 8.43. The first-order valence-corrected chi connectivity index (χ1v) is 9.62. The Morgan fingerprint density at radius 3 is 2.54 bits per heavy atom. The molecule has 0 saturated carbocycles. The van der Waals surface area contributed by atoms with Gasteiger partial charge in [0.25, 0.3) is 0 Å². The van der Waals surface area contributed by atoms with Gasteiger partial charge in [-0.15, -0.1) is 0 Å². The van der Waals surface area contributed by atoms with Crippen LogP contribution in [0.3, 0.4) is 0 Å². The highest BCUT2D eigenvalue weighted by Crippen LogP contribution is 2.33. The van der Waals surface area contributed by atoms with Crippen LogP contribution in [0.25, 0.3) is 0 Å². The molecular weight excluding hydrogens is 324 g/mol. The highest BCUT2D eigenvalue weighted by Gasteiger charge is 2.32. The lowest BCUT2D eigenvalue weighted by molar-refractivity contribution is -0.121. The Morgan fingerprint density at radius 2 is 1.85 bits per heavy atom. The van der Waals surface area contributed by atoms with Crippen molar-refractivity contribution in [3.8, 4) is 0 Å². The third-order valence-electron chi connectivity index (χ3n) is 5.44. The predicted octanol–water partition coefficient (Wildman–Crippen LogP) is 4.08. The van der Waals surface area contributed by atoms with Crippen LogP contribution in [-0.2, 0) is 11.2 Å². The van der Waals surface area contributed by atoms with Gasteiger partial charge in [0, 0.05) is 37.1 Å². The number of nitrogens with one attached hydrogen (secondary N) is 1. The van der Waals surface area contributed by atoms with Crippen LogP contribution < -0.4 is 10.2 Å². The molecule has 1 atom stereocenters. The number of hydrogen-bond donors (Lipinski definition) is 1. The lowest BCUT2D eigenvalue weighted by Crippen LogP contribution is -2.26. The molecule has 0 radical (unpaired) electrons. The number of rotatable bonds is 4. The smallest absolute Gasteiger partial charge is 0.227 e.